The van der Waals surface area contributed by atoms with Crippen LogP contribution in [0.2, 0.25) is 0 Å². The van der Waals surface area contributed by atoms with E-state index in [0.29, 0.717) is 37.4 Å². The van der Waals surface area contributed by atoms with Crippen molar-refractivity contribution in [2.45, 2.75) is 32.4 Å². The molecular weight excluding hydrogens is 1170 g/mol. The molecule has 0 bridgehead atoms. The highest BCUT2D eigenvalue weighted by atomic mass is 32.2. The lowest BCUT2D eigenvalue weighted by Gasteiger charge is -2.21. The number of primary sulfonamides is 1. The van der Waals surface area contributed by atoms with E-state index >= 15 is 0 Å². The number of para-hydroxylation sites is 3. The summed E-state index contributed by atoms with van der Waals surface area (Å²) in [5.74, 6) is -0.244. The Hall–Kier alpha value is -10.0. The third-order valence-electron chi connectivity index (χ3n) is 12.6. The standard InChI is InChI=1S/C20H20N4O5S.C16H11FN4O3.C10H9N3O.C6H3F2NO2.C3H9NO2S/c1-2-10-30(27,28)12-14-4-3-5-18(19(14)24(25)26)29-15-6-7-17-16(11-15)20-21-8-9-23(20)13-22-17;17-12-2-1-3-14(15(12)21(22)23)24-10-4-5-13-11(8-10)16-18-6-7-20(16)9-19-13;14-7-1-2-9-8(5-7)10-11-3-4-13(10)6-12-9;7-4-2-1-3-5(8)6(4)9(10)11;1-2-3-7(4,5)6/h3-7,11,13H,2,8-10,12H2,1H3;1-5,8-9H,6-7H2;1-2,5-6,14H,3-4H2;1-3H;2-3H2,1H3,(H2,4,5,6). The van der Waals surface area contributed by atoms with Gasteiger partial charge >= 0.3 is 17.1 Å². The molecule has 6 aromatic rings. The Morgan fingerprint density at radius 2 is 0.942 bits per heavy atom. The van der Waals surface area contributed by atoms with Crippen molar-refractivity contribution < 1.29 is 59.4 Å². The largest absolute Gasteiger partial charge is 0.508 e. The molecule has 86 heavy (non-hydrogen) atoms. The van der Waals surface area contributed by atoms with Crippen LogP contribution in [0.4, 0.5) is 47.3 Å². The summed E-state index contributed by atoms with van der Waals surface area (Å²) in [6.45, 7) is 8.07. The van der Waals surface area contributed by atoms with Gasteiger partial charge in [0, 0.05) is 41.9 Å². The number of hydrogen-bond acceptors (Lipinski definition) is 22. The van der Waals surface area contributed by atoms with Crippen molar-refractivity contribution in [3.05, 3.63) is 179 Å². The summed E-state index contributed by atoms with van der Waals surface area (Å²) in [5, 5.41) is 46.8. The van der Waals surface area contributed by atoms with E-state index in [1.165, 1.54) is 24.3 Å². The molecule has 6 aliphatic rings. The number of phenols is 1. The Morgan fingerprint density at radius 1 is 0.547 bits per heavy atom. The van der Waals surface area contributed by atoms with Crippen molar-refractivity contribution >= 4 is 90.5 Å². The lowest BCUT2D eigenvalue weighted by molar-refractivity contribution is -0.390. The minimum atomic E-state index is -3.45. The van der Waals surface area contributed by atoms with Crippen molar-refractivity contribution in [1.82, 2.24) is 14.7 Å². The molecular formula is C55H52F3N13O13S2. The normalized spacial score (nSPS) is 14.4. The number of fused-ring (bicyclic) bond motifs is 9. The lowest BCUT2D eigenvalue weighted by Crippen LogP contribution is -2.29. The van der Waals surface area contributed by atoms with Crippen LogP contribution in [-0.4, -0.2) is 139 Å². The van der Waals surface area contributed by atoms with Gasteiger partial charge in [-0.1, -0.05) is 38.1 Å². The summed E-state index contributed by atoms with van der Waals surface area (Å²) in [6, 6.07) is 26.4. The second-order valence-electron chi connectivity index (χ2n) is 18.8. The number of halogens is 3. The Morgan fingerprint density at radius 3 is 1.35 bits per heavy atom. The van der Waals surface area contributed by atoms with Gasteiger partial charge in [0.15, 0.2) is 9.84 Å². The van der Waals surface area contributed by atoms with E-state index in [-0.39, 0.29) is 40.0 Å². The number of nitro benzene ring substituents is 3. The van der Waals surface area contributed by atoms with Crippen molar-refractivity contribution in [1.29, 1.82) is 0 Å². The van der Waals surface area contributed by atoms with Gasteiger partial charge in [0.1, 0.15) is 34.8 Å². The first kappa shape index (κ1) is 62.0. The van der Waals surface area contributed by atoms with Gasteiger partial charge in [-0.2, -0.15) is 13.2 Å². The zero-order valence-electron chi connectivity index (χ0n) is 45.6. The molecule has 6 heterocycles. The van der Waals surface area contributed by atoms with Crippen molar-refractivity contribution in [3.63, 3.8) is 0 Å². The number of ether oxygens (including phenoxy) is 2. The average molecular weight is 1220 g/mol. The molecule has 3 N–H and O–H groups in total. The third kappa shape index (κ3) is 15.2. The Kier molecular flexibility index (Phi) is 19.6. The SMILES string of the molecule is CCCS(=O)(=O)Cc1cccc(Oc2ccc3c(c2)C2=NCCN2C=N3)c1[N+](=O)[O-].CCCS(N)(=O)=O.O=[N+]([O-])c1c(F)cccc1F.O=[N+]([O-])c1c(F)cccc1Oc1ccc2c(c1)C1=NCCN1C=N2.Oc1ccc2c(c1)C1=NCCN1C=N2. The van der Waals surface area contributed by atoms with Gasteiger partial charge in [-0.05, 0) is 97.8 Å². The second-order valence-corrected chi connectivity index (χ2v) is 22.8. The van der Waals surface area contributed by atoms with Crippen molar-refractivity contribution in [3.8, 4) is 28.7 Å². The molecule has 6 aliphatic heterocycles. The van der Waals surface area contributed by atoms with Crippen LogP contribution in [0.3, 0.4) is 0 Å². The van der Waals surface area contributed by atoms with Crippen LogP contribution < -0.4 is 14.6 Å². The lowest BCUT2D eigenvalue weighted by atomic mass is 10.1. The van der Waals surface area contributed by atoms with E-state index in [4.69, 9.17) is 9.47 Å². The molecule has 0 spiro atoms. The molecule has 26 nitrogen and oxygen atoms in total. The van der Waals surface area contributed by atoms with Gasteiger partial charge in [0.2, 0.25) is 39.0 Å². The van der Waals surface area contributed by atoms with Gasteiger partial charge < -0.3 is 29.3 Å². The fraction of sp³-hybridized carbons (Fsp3) is 0.236. The van der Waals surface area contributed by atoms with E-state index in [0.717, 1.165) is 102 Å². The minimum absolute atomic E-state index is 0.00586. The van der Waals surface area contributed by atoms with E-state index in [1.807, 2.05) is 14.7 Å². The summed E-state index contributed by atoms with van der Waals surface area (Å²) >= 11 is 0. The third-order valence-corrected chi connectivity index (χ3v) is 15.4. The molecule has 0 saturated carbocycles. The molecule has 0 radical (unpaired) electrons. The second kappa shape index (κ2) is 27.1. The van der Waals surface area contributed by atoms with Gasteiger partial charge in [-0.25, -0.2) is 37.0 Å². The topological polar surface area (TPSA) is 346 Å². The zero-order valence-corrected chi connectivity index (χ0v) is 47.3. The molecule has 0 unspecified atom stereocenters. The predicted octanol–water partition coefficient (Wildman–Crippen LogP) is 9.40. The molecule has 0 fully saturated rings. The Labute approximate surface area is 488 Å². The fourth-order valence-corrected chi connectivity index (χ4v) is 11.0. The monoisotopic (exact) mass is 1220 g/mol. The summed E-state index contributed by atoms with van der Waals surface area (Å²) in [5.41, 5.74) is 2.84. The first-order valence-electron chi connectivity index (χ1n) is 26.1. The van der Waals surface area contributed by atoms with Gasteiger partial charge in [-0.3, -0.25) is 45.3 Å². The van der Waals surface area contributed by atoms with E-state index in [9.17, 15) is 65.5 Å². The average Bonchev–Trinajstić information content (AvgIpc) is 3.15. The first-order valence-corrected chi connectivity index (χ1v) is 29.6. The van der Waals surface area contributed by atoms with Crippen LogP contribution in [0, 0.1) is 47.8 Å². The summed E-state index contributed by atoms with van der Waals surface area (Å²) in [4.78, 5) is 62.5. The van der Waals surface area contributed by atoms with E-state index in [2.05, 4.69) is 35.1 Å². The molecule has 0 saturated heterocycles. The number of aliphatic imine (C=N–C) groups is 6. The quantitative estimate of drug-likeness (QED) is 0.0803. The van der Waals surface area contributed by atoms with Crippen LogP contribution >= 0.6 is 0 Å². The number of phenolic OH excluding ortho intramolecular Hbond substituents is 1. The Bertz CT molecular complexity index is 4030. The van der Waals surface area contributed by atoms with Crippen LogP contribution in [0.5, 0.6) is 28.7 Å². The molecule has 12 rings (SSSR count). The number of sulfonamides is 1. The summed E-state index contributed by atoms with van der Waals surface area (Å²) in [6.07, 6.45) is 6.31. The maximum Gasteiger partial charge on any atom is 0.346 e. The first-order chi connectivity index (χ1) is 41.0. The van der Waals surface area contributed by atoms with Crippen LogP contribution in [0.1, 0.15) is 48.9 Å². The number of nitro groups is 3. The molecule has 0 aromatic heterocycles. The Balaban J connectivity index is 0.000000152. The summed E-state index contributed by atoms with van der Waals surface area (Å²) < 4.78 is 94.4. The highest BCUT2D eigenvalue weighted by Gasteiger charge is 2.30. The van der Waals surface area contributed by atoms with Crippen LogP contribution in [-0.2, 0) is 25.6 Å². The van der Waals surface area contributed by atoms with E-state index in [1.54, 1.807) is 93.5 Å². The van der Waals surface area contributed by atoms with Gasteiger partial charge in [0.05, 0.1) is 87.7 Å². The highest BCUT2D eigenvalue weighted by Crippen LogP contribution is 2.39. The van der Waals surface area contributed by atoms with Crippen molar-refractivity contribution in [2.75, 3.05) is 50.8 Å². The highest BCUT2D eigenvalue weighted by molar-refractivity contribution is 7.90. The summed E-state index contributed by atoms with van der Waals surface area (Å²) in [7, 11) is -6.62. The number of amidine groups is 3. The number of nitrogens with zero attached hydrogens (tertiary/aromatic N) is 12. The minimum Gasteiger partial charge on any atom is -0.508 e. The molecule has 0 aliphatic carbocycles. The van der Waals surface area contributed by atoms with Crippen molar-refractivity contribution in [2.24, 2.45) is 35.1 Å². The number of benzene rings is 6. The maximum atomic E-state index is 13.7. The number of rotatable bonds is 13. The van der Waals surface area contributed by atoms with Crippen LogP contribution in [0.25, 0.3) is 0 Å². The maximum absolute atomic E-state index is 13.7. The van der Waals surface area contributed by atoms with Gasteiger partial charge in [-0.15, -0.1) is 0 Å². The molecule has 31 heteroatoms. The zero-order chi connectivity index (χ0) is 61.9. The molecule has 6 aromatic carbocycles. The van der Waals surface area contributed by atoms with Crippen LogP contribution in [0.15, 0.2) is 139 Å². The smallest absolute Gasteiger partial charge is 0.346 e. The fourth-order valence-electron chi connectivity index (χ4n) is 8.94. The van der Waals surface area contributed by atoms with E-state index < -0.39 is 69.2 Å². The number of nitrogens with two attached hydrogens (primary N) is 1. The van der Waals surface area contributed by atoms with Gasteiger partial charge in [0.25, 0.3) is 0 Å². The number of sulfone groups is 1. The molecule has 0 atom stereocenters. The predicted molar refractivity (Wildman–Crippen MR) is 315 cm³/mol. The molecule has 448 valence electrons. The number of hydrogen-bond donors (Lipinski definition) is 2. The molecule has 0 amide bonds. The number of aromatic hydroxyl groups is 1.